The van der Waals surface area contributed by atoms with E-state index < -0.39 is 33.4 Å². The fraction of sp³-hybridized carbons (Fsp3) is 0.0769. The molecule has 1 aromatic heterocycles. The Hall–Kier alpha value is -2.53. The lowest BCUT2D eigenvalue weighted by Gasteiger charge is -2.09. The highest BCUT2D eigenvalue weighted by molar-refractivity contribution is 7.91. The topological polar surface area (TPSA) is 82.8 Å². The van der Waals surface area contributed by atoms with Crippen LogP contribution in [0.4, 0.5) is 14.5 Å². The number of nitrogens with zero attached hydrogens (tertiary/aromatic N) is 2. The Kier molecular flexibility index (Phi) is 4.14. The molecule has 0 aliphatic heterocycles. The third-order valence-electron chi connectivity index (χ3n) is 2.56. The van der Waals surface area contributed by atoms with Gasteiger partial charge in [0.25, 0.3) is 0 Å². The minimum atomic E-state index is -3.96. The molecule has 0 unspecified atom stereocenters. The quantitative estimate of drug-likeness (QED) is 0.877. The van der Waals surface area contributed by atoms with Gasteiger partial charge in [-0.1, -0.05) is 18.2 Å². The van der Waals surface area contributed by atoms with Crippen molar-refractivity contribution in [3.8, 4) is 6.07 Å². The fourth-order valence-electron chi connectivity index (χ4n) is 1.65. The van der Waals surface area contributed by atoms with E-state index in [2.05, 4.69) is 4.98 Å². The number of nitriles is 1. The van der Waals surface area contributed by atoms with Crippen LogP contribution < -0.4 is 4.72 Å². The first-order chi connectivity index (χ1) is 9.91. The minimum absolute atomic E-state index is 0.209. The molecular weight excluding hydrogens is 300 g/mol. The minimum Gasteiger partial charge on any atom is -0.279 e. The van der Waals surface area contributed by atoms with Crippen molar-refractivity contribution in [1.82, 2.24) is 4.98 Å². The normalized spacial score (nSPS) is 10.9. The molecule has 1 heterocycles. The zero-order valence-corrected chi connectivity index (χ0v) is 11.4. The molecule has 2 aromatic rings. The van der Waals surface area contributed by atoms with Crippen LogP contribution in [0.3, 0.4) is 0 Å². The van der Waals surface area contributed by atoms with Crippen LogP contribution in [0.5, 0.6) is 0 Å². The molecule has 8 heteroatoms. The second kappa shape index (κ2) is 5.85. The standard InChI is InChI=1S/C13H9F2N3O2S/c14-12-6-5-11(13(15)17-12)18-21(19,20)8-10-4-2-1-3-9(10)7-16/h1-6,18H,8H2. The largest absolute Gasteiger partial charge is 0.279 e. The molecule has 0 saturated carbocycles. The van der Waals surface area contributed by atoms with Crippen LogP contribution >= 0.6 is 0 Å². The summed E-state index contributed by atoms with van der Waals surface area (Å²) < 4.78 is 51.9. The number of hydrogen-bond donors (Lipinski definition) is 1. The average molecular weight is 309 g/mol. The van der Waals surface area contributed by atoms with E-state index in [4.69, 9.17) is 5.26 Å². The second-order valence-electron chi connectivity index (χ2n) is 4.10. The monoisotopic (exact) mass is 309 g/mol. The number of halogens is 2. The molecule has 0 spiro atoms. The molecule has 108 valence electrons. The van der Waals surface area contributed by atoms with E-state index in [0.29, 0.717) is 0 Å². The van der Waals surface area contributed by atoms with Gasteiger partial charge in [0, 0.05) is 0 Å². The molecule has 0 radical (unpaired) electrons. The van der Waals surface area contributed by atoms with Crippen molar-refractivity contribution < 1.29 is 17.2 Å². The van der Waals surface area contributed by atoms with Gasteiger partial charge in [0.15, 0.2) is 0 Å². The number of nitrogens with one attached hydrogen (secondary N) is 1. The summed E-state index contributed by atoms with van der Waals surface area (Å²) >= 11 is 0. The number of rotatable bonds is 4. The Balaban J connectivity index is 2.25. The molecule has 5 nitrogen and oxygen atoms in total. The van der Waals surface area contributed by atoms with Gasteiger partial charge in [-0.3, -0.25) is 4.72 Å². The van der Waals surface area contributed by atoms with Gasteiger partial charge in [-0.15, -0.1) is 0 Å². The lowest BCUT2D eigenvalue weighted by molar-refractivity contribution is 0.515. The maximum atomic E-state index is 13.3. The molecular formula is C13H9F2N3O2S. The Morgan fingerprint density at radius 1 is 1.19 bits per heavy atom. The third kappa shape index (κ3) is 3.73. The van der Waals surface area contributed by atoms with Crippen LogP contribution in [0.25, 0.3) is 0 Å². The maximum Gasteiger partial charge on any atom is 0.239 e. The van der Waals surface area contributed by atoms with Crippen LogP contribution in [0.2, 0.25) is 0 Å². The molecule has 0 amide bonds. The Morgan fingerprint density at radius 3 is 2.57 bits per heavy atom. The average Bonchev–Trinajstić information content (AvgIpc) is 2.42. The highest BCUT2D eigenvalue weighted by Gasteiger charge is 2.17. The second-order valence-corrected chi connectivity index (χ2v) is 5.82. The number of hydrogen-bond acceptors (Lipinski definition) is 4. The van der Waals surface area contributed by atoms with Gasteiger partial charge in [0.2, 0.25) is 21.9 Å². The van der Waals surface area contributed by atoms with Crippen molar-refractivity contribution in [2.75, 3.05) is 4.72 Å². The Morgan fingerprint density at radius 2 is 1.90 bits per heavy atom. The predicted octanol–water partition coefficient (Wildman–Crippen LogP) is 2.17. The summed E-state index contributed by atoms with van der Waals surface area (Å²) in [5.74, 6) is -2.81. The van der Waals surface area contributed by atoms with E-state index in [1.165, 1.54) is 12.1 Å². The van der Waals surface area contributed by atoms with Gasteiger partial charge in [-0.2, -0.15) is 19.0 Å². The van der Waals surface area contributed by atoms with E-state index >= 15 is 0 Å². The zero-order chi connectivity index (χ0) is 15.5. The highest BCUT2D eigenvalue weighted by atomic mass is 32.2. The summed E-state index contributed by atoms with van der Waals surface area (Å²) in [5, 5.41) is 8.90. The molecule has 0 saturated heterocycles. The first-order valence-corrected chi connectivity index (χ1v) is 7.37. The van der Waals surface area contributed by atoms with Crippen molar-refractivity contribution in [2.24, 2.45) is 0 Å². The van der Waals surface area contributed by atoms with E-state index in [1.54, 1.807) is 12.1 Å². The van der Waals surface area contributed by atoms with E-state index in [-0.39, 0.29) is 11.1 Å². The maximum absolute atomic E-state index is 13.3. The summed E-state index contributed by atoms with van der Waals surface area (Å²) in [5.41, 5.74) is 0.0365. The van der Waals surface area contributed by atoms with Gasteiger partial charge >= 0.3 is 0 Å². The Labute approximate surface area is 119 Å². The van der Waals surface area contributed by atoms with Crippen molar-refractivity contribution >= 4 is 15.7 Å². The van der Waals surface area contributed by atoms with Crippen LogP contribution in [0.15, 0.2) is 36.4 Å². The number of aromatic nitrogens is 1. The molecule has 1 N–H and O–H groups in total. The summed E-state index contributed by atoms with van der Waals surface area (Å²) in [6, 6.07) is 9.80. The number of pyridine rings is 1. The molecule has 0 aliphatic rings. The van der Waals surface area contributed by atoms with E-state index in [0.717, 1.165) is 12.1 Å². The van der Waals surface area contributed by atoms with E-state index in [1.807, 2.05) is 10.8 Å². The van der Waals surface area contributed by atoms with Gasteiger partial charge < -0.3 is 0 Å². The first-order valence-electron chi connectivity index (χ1n) is 5.72. The fourth-order valence-corrected chi connectivity index (χ4v) is 2.87. The van der Waals surface area contributed by atoms with Gasteiger partial charge in [0.1, 0.15) is 5.69 Å². The summed E-state index contributed by atoms with van der Waals surface area (Å²) in [6.07, 6.45) is 0. The van der Waals surface area contributed by atoms with Crippen LogP contribution in [0.1, 0.15) is 11.1 Å². The van der Waals surface area contributed by atoms with Crippen molar-refractivity contribution in [3.63, 3.8) is 0 Å². The predicted molar refractivity (Wildman–Crippen MR) is 71.6 cm³/mol. The van der Waals surface area contributed by atoms with Crippen molar-refractivity contribution in [2.45, 2.75) is 5.75 Å². The van der Waals surface area contributed by atoms with Crippen LogP contribution in [0, 0.1) is 23.2 Å². The lowest BCUT2D eigenvalue weighted by atomic mass is 10.1. The molecule has 0 bridgehead atoms. The summed E-state index contributed by atoms with van der Waals surface area (Å²) in [6.45, 7) is 0. The van der Waals surface area contributed by atoms with Crippen LogP contribution in [-0.2, 0) is 15.8 Å². The third-order valence-corrected chi connectivity index (χ3v) is 3.79. The van der Waals surface area contributed by atoms with Gasteiger partial charge in [-0.25, -0.2) is 8.42 Å². The number of anilines is 1. The van der Waals surface area contributed by atoms with Gasteiger partial charge in [0.05, 0.1) is 17.4 Å². The molecule has 2 rings (SSSR count). The van der Waals surface area contributed by atoms with E-state index in [9.17, 15) is 17.2 Å². The summed E-state index contributed by atoms with van der Waals surface area (Å²) in [7, 11) is -3.96. The number of sulfonamides is 1. The molecule has 0 atom stereocenters. The lowest BCUT2D eigenvalue weighted by Crippen LogP contribution is -2.17. The van der Waals surface area contributed by atoms with Crippen LogP contribution in [-0.4, -0.2) is 13.4 Å². The van der Waals surface area contributed by atoms with Gasteiger partial charge in [-0.05, 0) is 23.8 Å². The summed E-state index contributed by atoms with van der Waals surface area (Å²) in [4.78, 5) is 2.89. The molecule has 1 aromatic carbocycles. The highest BCUT2D eigenvalue weighted by Crippen LogP contribution is 2.17. The number of benzene rings is 1. The first kappa shape index (κ1) is 14.9. The molecule has 0 aliphatic carbocycles. The SMILES string of the molecule is N#Cc1ccccc1CS(=O)(=O)Nc1ccc(F)nc1F. The Bertz CT molecular complexity index is 816. The van der Waals surface area contributed by atoms with Crippen molar-refractivity contribution in [3.05, 3.63) is 59.4 Å². The smallest absolute Gasteiger partial charge is 0.239 e. The van der Waals surface area contributed by atoms with Crippen molar-refractivity contribution in [1.29, 1.82) is 5.26 Å². The zero-order valence-electron chi connectivity index (χ0n) is 10.5. The molecule has 0 fully saturated rings. The molecule has 21 heavy (non-hydrogen) atoms.